The van der Waals surface area contributed by atoms with Crippen LogP contribution in [0.25, 0.3) is 0 Å². The minimum Gasteiger partial charge on any atom is -0.480 e. The van der Waals surface area contributed by atoms with Crippen LogP contribution in [0.3, 0.4) is 0 Å². The van der Waals surface area contributed by atoms with E-state index in [-0.39, 0.29) is 11.6 Å². The van der Waals surface area contributed by atoms with Crippen molar-refractivity contribution in [3.63, 3.8) is 0 Å². The predicted octanol–water partition coefficient (Wildman–Crippen LogP) is 1.66. The first-order chi connectivity index (χ1) is 9.06. The second-order valence-corrected chi connectivity index (χ2v) is 4.60. The number of aryl methyl sites for hydroxylation is 2. The van der Waals surface area contributed by atoms with Gasteiger partial charge in [0.1, 0.15) is 4.47 Å². The number of hydrogen-bond donors (Lipinski definition) is 1. The van der Waals surface area contributed by atoms with Crippen molar-refractivity contribution in [2.45, 2.75) is 13.5 Å². The molecule has 2 rings (SSSR count). The van der Waals surface area contributed by atoms with E-state index in [4.69, 9.17) is 4.74 Å². The maximum Gasteiger partial charge on any atom is 0.278 e. The molecule has 0 aliphatic heterocycles. The molecule has 0 aromatic carbocycles. The highest BCUT2D eigenvalue weighted by Gasteiger charge is 2.21. The topological polar surface area (TPSA) is 74.0 Å². The monoisotopic (exact) mass is 327 g/mol. The Kier molecular flexibility index (Phi) is 3.89. The standard InChI is InChI=1S/C11H14BrN5O2/c1-4-17-6-5-7(14-17)13-10(18)9-8(12)11(19-3)16(2)15-9/h5-6H,4H2,1-3H3,(H,13,14,18). The summed E-state index contributed by atoms with van der Waals surface area (Å²) in [6, 6.07) is 1.73. The normalized spacial score (nSPS) is 10.5. The van der Waals surface area contributed by atoms with Gasteiger partial charge >= 0.3 is 0 Å². The summed E-state index contributed by atoms with van der Waals surface area (Å²) in [4.78, 5) is 12.1. The Balaban J connectivity index is 2.20. The molecule has 2 aromatic rings. The quantitative estimate of drug-likeness (QED) is 0.926. The smallest absolute Gasteiger partial charge is 0.278 e. The van der Waals surface area contributed by atoms with Gasteiger partial charge in [0.05, 0.1) is 7.11 Å². The Labute approximate surface area is 118 Å². The van der Waals surface area contributed by atoms with Gasteiger partial charge in [-0.25, -0.2) is 4.68 Å². The number of aromatic nitrogens is 4. The molecule has 0 radical (unpaired) electrons. The SMILES string of the molecule is CCn1ccc(NC(=O)c2nn(C)c(OC)c2Br)n1. The number of methoxy groups -OCH3 is 1. The molecule has 2 aromatic heterocycles. The molecule has 1 N–H and O–H groups in total. The molecule has 0 bridgehead atoms. The summed E-state index contributed by atoms with van der Waals surface area (Å²) >= 11 is 3.30. The van der Waals surface area contributed by atoms with Gasteiger partial charge < -0.3 is 10.1 Å². The lowest BCUT2D eigenvalue weighted by atomic mass is 10.4. The van der Waals surface area contributed by atoms with Crippen LogP contribution in [0.15, 0.2) is 16.7 Å². The number of ether oxygens (including phenoxy) is 1. The van der Waals surface area contributed by atoms with Crippen molar-refractivity contribution in [1.82, 2.24) is 19.6 Å². The molecule has 1 amide bonds. The number of halogens is 1. The van der Waals surface area contributed by atoms with E-state index in [9.17, 15) is 4.79 Å². The van der Waals surface area contributed by atoms with E-state index >= 15 is 0 Å². The molecule has 8 heteroatoms. The van der Waals surface area contributed by atoms with Gasteiger partial charge in [-0.3, -0.25) is 9.48 Å². The summed E-state index contributed by atoms with van der Waals surface area (Å²) in [6.45, 7) is 2.72. The van der Waals surface area contributed by atoms with E-state index < -0.39 is 0 Å². The Morgan fingerprint density at radius 1 is 1.53 bits per heavy atom. The van der Waals surface area contributed by atoms with Crippen molar-refractivity contribution in [2.24, 2.45) is 7.05 Å². The number of carbonyl (C=O) groups excluding carboxylic acids is 1. The largest absolute Gasteiger partial charge is 0.480 e. The number of anilines is 1. The zero-order chi connectivity index (χ0) is 14.0. The van der Waals surface area contributed by atoms with Crippen molar-refractivity contribution in [3.8, 4) is 5.88 Å². The van der Waals surface area contributed by atoms with Gasteiger partial charge in [-0.05, 0) is 22.9 Å². The van der Waals surface area contributed by atoms with Gasteiger partial charge in [-0.2, -0.15) is 10.2 Å². The predicted molar refractivity (Wildman–Crippen MR) is 73.3 cm³/mol. The zero-order valence-electron chi connectivity index (χ0n) is 10.8. The number of nitrogens with zero attached hydrogens (tertiary/aromatic N) is 4. The Morgan fingerprint density at radius 3 is 2.79 bits per heavy atom. The fraction of sp³-hybridized carbons (Fsp3) is 0.364. The van der Waals surface area contributed by atoms with Crippen LogP contribution in [0.2, 0.25) is 0 Å². The fourth-order valence-electron chi connectivity index (χ4n) is 1.63. The molecule has 0 atom stereocenters. The second-order valence-electron chi connectivity index (χ2n) is 3.81. The molecule has 2 heterocycles. The van der Waals surface area contributed by atoms with E-state index in [2.05, 4.69) is 31.4 Å². The molecule has 0 spiro atoms. The van der Waals surface area contributed by atoms with Crippen LogP contribution in [-0.4, -0.2) is 32.6 Å². The molecule has 0 aliphatic rings. The lowest BCUT2D eigenvalue weighted by Gasteiger charge is -1.99. The average Bonchev–Trinajstić information content (AvgIpc) is 2.94. The van der Waals surface area contributed by atoms with Gasteiger partial charge in [0.25, 0.3) is 5.91 Å². The first kappa shape index (κ1) is 13.6. The molecule has 0 unspecified atom stereocenters. The lowest BCUT2D eigenvalue weighted by Crippen LogP contribution is -2.14. The average molecular weight is 328 g/mol. The van der Waals surface area contributed by atoms with E-state index in [1.165, 1.54) is 11.8 Å². The van der Waals surface area contributed by atoms with Crippen LogP contribution in [0.4, 0.5) is 5.82 Å². The van der Waals surface area contributed by atoms with Crippen molar-refractivity contribution < 1.29 is 9.53 Å². The van der Waals surface area contributed by atoms with Gasteiger partial charge in [0.15, 0.2) is 11.5 Å². The third-order valence-corrected chi connectivity index (χ3v) is 3.27. The summed E-state index contributed by atoms with van der Waals surface area (Å²) in [5, 5.41) is 11.0. The zero-order valence-corrected chi connectivity index (χ0v) is 12.4. The van der Waals surface area contributed by atoms with Crippen molar-refractivity contribution in [1.29, 1.82) is 0 Å². The van der Waals surface area contributed by atoms with Crippen LogP contribution in [0, 0.1) is 0 Å². The highest BCUT2D eigenvalue weighted by Crippen LogP contribution is 2.28. The fourth-order valence-corrected chi connectivity index (χ4v) is 2.31. The van der Waals surface area contributed by atoms with Crippen molar-refractivity contribution in [3.05, 3.63) is 22.4 Å². The molecule has 0 aliphatic carbocycles. The minimum atomic E-state index is -0.341. The number of nitrogens with one attached hydrogen (secondary N) is 1. The molecular formula is C11H14BrN5O2. The Bertz CT molecular complexity index is 604. The Hall–Kier alpha value is -1.83. The molecule has 19 heavy (non-hydrogen) atoms. The summed E-state index contributed by atoms with van der Waals surface area (Å²) in [5.41, 5.74) is 0.255. The van der Waals surface area contributed by atoms with Gasteiger partial charge in [0, 0.05) is 25.9 Å². The van der Waals surface area contributed by atoms with Crippen LogP contribution in [0.5, 0.6) is 5.88 Å². The molecule has 0 saturated heterocycles. The van der Waals surface area contributed by atoms with Crippen LogP contribution >= 0.6 is 15.9 Å². The lowest BCUT2D eigenvalue weighted by molar-refractivity contribution is 0.102. The number of carbonyl (C=O) groups is 1. The number of rotatable bonds is 4. The first-order valence-corrected chi connectivity index (χ1v) is 6.47. The van der Waals surface area contributed by atoms with Gasteiger partial charge in [0.2, 0.25) is 5.88 Å². The second kappa shape index (κ2) is 5.43. The highest BCUT2D eigenvalue weighted by molar-refractivity contribution is 9.10. The van der Waals surface area contributed by atoms with Crippen molar-refractivity contribution in [2.75, 3.05) is 12.4 Å². The number of hydrogen-bond acceptors (Lipinski definition) is 4. The molecule has 102 valence electrons. The minimum absolute atomic E-state index is 0.255. The van der Waals surface area contributed by atoms with Crippen molar-refractivity contribution >= 4 is 27.7 Å². The van der Waals surface area contributed by atoms with Crippen LogP contribution in [0.1, 0.15) is 17.4 Å². The van der Waals surface area contributed by atoms with E-state index in [1.54, 1.807) is 24.0 Å². The molecular weight excluding hydrogens is 314 g/mol. The van der Waals surface area contributed by atoms with Gasteiger partial charge in [-0.15, -0.1) is 0 Å². The molecule has 0 fully saturated rings. The summed E-state index contributed by atoms with van der Waals surface area (Å²) in [7, 11) is 3.22. The van der Waals surface area contributed by atoms with E-state index in [0.29, 0.717) is 16.2 Å². The van der Waals surface area contributed by atoms with E-state index in [0.717, 1.165) is 6.54 Å². The third kappa shape index (κ3) is 2.62. The third-order valence-electron chi connectivity index (χ3n) is 2.55. The van der Waals surface area contributed by atoms with Crippen LogP contribution in [-0.2, 0) is 13.6 Å². The van der Waals surface area contributed by atoms with E-state index in [1.807, 2.05) is 6.92 Å². The highest BCUT2D eigenvalue weighted by atomic mass is 79.9. The molecule has 7 nitrogen and oxygen atoms in total. The Morgan fingerprint density at radius 2 is 2.26 bits per heavy atom. The van der Waals surface area contributed by atoms with Crippen LogP contribution < -0.4 is 10.1 Å². The maximum atomic E-state index is 12.1. The first-order valence-electron chi connectivity index (χ1n) is 5.68. The molecule has 0 saturated carbocycles. The maximum absolute atomic E-state index is 12.1. The summed E-state index contributed by atoms with van der Waals surface area (Å²) in [5.74, 6) is 0.639. The number of amides is 1. The summed E-state index contributed by atoms with van der Waals surface area (Å²) < 4.78 is 8.87. The van der Waals surface area contributed by atoms with Gasteiger partial charge in [-0.1, -0.05) is 0 Å². The summed E-state index contributed by atoms with van der Waals surface area (Å²) in [6.07, 6.45) is 1.80.